The Morgan fingerprint density at radius 1 is 1.10 bits per heavy atom. The van der Waals surface area contributed by atoms with E-state index in [-0.39, 0.29) is 6.09 Å². The van der Waals surface area contributed by atoms with Gasteiger partial charge in [0.1, 0.15) is 23.7 Å². The van der Waals surface area contributed by atoms with Crippen LogP contribution in [0.4, 0.5) is 10.7 Å². The summed E-state index contributed by atoms with van der Waals surface area (Å²) in [6, 6.07) is 12.6. The number of carbonyl (C=O) groups excluding carboxylic acids is 1. The van der Waals surface area contributed by atoms with Gasteiger partial charge in [0.15, 0.2) is 0 Å². The van der Waals surface area contributed by atoms with Crippen LogP contribution in [0.25, 0.3) is 11.0 Å². The third-order valence-electron chi connectivity index (χ3n) is 6.85. The normalized spacial score (nSPS) is 15.0. The molecule has 0 radical (unpaired) electrons. The molecule has 2 N–H and O–H groups in total. The van der Waals surface area contributed by atoms with Gasteiger partial charge in [0.05, 0.1) is 17.6 Å². The van der Waals surface area contributed by atoms with Crippen LogP contribution < -0.4 is 15.4 Å². The molecule has 10 nitrogen and oxygen atoms in total. The number of piperidine rings is 1. The van der Waals surface area contributed by atoms with E-state index in [0.717, 1.165) is 73.1 Å². The van der Waals surface area contributed by atoms with Crippen molar-refractivity contribution < 1.29 is 14.3 Å². The molecule has 1 aliphatic rings. The molecular weight excluding hydrogens is 506 g/mol. The van der Waals surface area contributed by atoms with Gasteiger partial charge in [0.25, 0.3) is 0 Å². The number of aryl methyl sites for hydroxylation is 1. The smallest absolute Gasteiger partial charge is 0.407 e. The van der Waals surface area contributed by atoms with Crippen LogP contribution in [0.15, 0.2) is 36.4 Å². The Hall–Kier alpha value is -3.37. The number of anilines is 1. The summed E-state index contributed by atoms with van der Waals surface area (Å²) in [6.07, 6.45) is 1.63. The Morgan fingerprint density at radius 2 is 1.85 bits per heavy atom. The van der Waals surface area contributed by atoms with E-state index in [1.807, 2.05) is 66.1 Å². The van der Waals surface area contributed by atoms with Gasteiger partial charge < -0.3 is 34.5 Å². The number of imidazole rings is 1. The molecule has 10 heteroatoms. The van der Waals surface area contributed by atoms with E-state index in [4.69, 9.17) is 19.4 Å². The average molecular weight is 552 g/mol. The van der Waals surface area contributed by atoms with E-state index in [9.17, 15) is 4.79 Å². The zero-order chi connectivity index (χ0) is 28.7. The molecule has 1 fully saturated rings. The lowest BCUT2D eigenvalue weighted by Crippen LogP contribution is -2.43. The zero-order valence-corrected chi connectivity index (χ0v) is 24.9. The molecule has 3 aromatic rings. The van der Waals surface area contributed by atoms with Gasteiger partial charge in [-0.15, -0.1) is 0 Å². The molecule has 1 saturated heterocycles. The first-order chi connectivity index (χ1) is 19.1. The van der Waals surface area contributed by atoms with Crippen molar-refractivity contribution in [2.75, 3.05) is 58.7 Å². The Kier molecular flexibility index (Phi) is 9.86. The minimum Gasteiger partial charge on any atom is -0.490 e. The second kappa shape index (κ2) is 13.3. The number of nitrogens with zero attached hydrogens (tertiary/aromatic N) is 5. The predicted molar refractivity (Wildman–Crippen MR) is 159 cm³/mol. The number of benzene rings is 1. The first-order valence-electron chi connectivity index (χ1n) is 14.2. The summed E-state index contributed by atoms with van der Waals surface area (Å²) in [7, 11) is 4.08. The fourth-order valence-electron chi connectivity index (χ4n) is 4.79. The minimum absolute atomic E-state index is 0.312. The summed E-state index contributed by atoms with van der Waals surface area (Å²) in [5.41, 5.74) is 3.40. The molecule has 40 heavy (non-hydrogen) atoms. The highest BCUT2D eigenvalue weighted by Crippen LogP contribution is 2.26. The van der Waals surface area contributed by atoms with Crippen LogP contribution in [0.2, 0.25) is 0 Å². The molecule has 4 rings (SSSR count). The summed E-state index contributed by atoms with van der Waals surface area (Å²) in [4.78, 5) is 26.2. The fraction of sp³-hybridized carbons (Fsp3) is 0.567. The highest BCUT2D eigenvalue weighted by atomic mass is 16.6. The number of likely N-dealkylation sites (N-methyl/N-ethyl adjacent to an activating group) is 1. The quantitative estimate of drug-likeness (QED) is 0.367. The monoisotopic (exact) mass is 551 g/mol. The molecule has 0 atom stereocenters. The van der Waals surface area contributed by atoms with E-state index in [2.05, 4.69) is 37.1 Å². The number of aromatic nitrogens is 3. The number of hydrogen-bond acceptors (Lipinski definition) is 8. The van der Waals surface area contributed by atoms with Crippen molar-refractivity contribution in [3.63, 3.8) is 0 Å². The SMILES string of the molecule is Cc1ccc(OCCN(C)C)c(Cn2c(NC3CCN(CCNC(=O)OC(C)(C)C)CC3)nc3ccccc32)n1. The maximum absolute atomic E-state index is 11.9. The number of carbonyl (C=O) groups is 1. The van der Waals surface area contributed by atoms with E-state index in [1.54, 1.807) is 0 Å². The lowest BCUT2D eigenvalue weighted by molar-refractivity contribution is 0.0520. The standard InChI is InChI=1S/C30H45N7O3/c1-22-11-12-27(39-20-19-35(5)6)25(32-22)21-37-26-10-8-7-9-24(26)34-28(37)33-23-13-16-36(17-14-23)18-15-31-29(38)40-30(2,3)4/h7-12,23H,13-21H2,1-6H3,(H,31,38)(H,33,34). The van der Waals surface area contributed by atoms with Gasteiger partial charge in [0.2, 0.25) is 5.95 Å². The Labute approximate surface area is 238 Å². The van der Waals surface area contributed by atoms with Crippen LogP contribution in [0.5, 0.6) is 5.75 Å². The van der Waals surface area contributed by atoms with Crippen molar-refractivity contribution >= 4 is 23.1 Å². The molecule has 2 aromatic heterocycles. The topological polar surface area (TPSA) is 96.8 Å². The molecule has 1 amide bonds. The fourth-order valence-corrected chi connectivity index (χ4v) is 4.79. The van der Waals surface area contributed by atoms with Crippen molar-refractivity contribution in [2.45, 2.75) is 58.7 Å². The largest absolute Gasteiger partial charge is 0.490 e. The van der Waals surface area contributed by atoms with Gasteiger partial charge in [-0.1, -0.05) is 12.1 Å². The number of ether oxygens (including phenoxy) is 2. The molecular formula is C30H45N7O3. The van der Waals surface area contributed by atoms with Crippen molar-refractivity contribution in [1.82, 2.24) is 29.7 Å². The van der Waals surface area contributed by atoms with Crippen LogP contribution in [-0.2, 0) is 11.3 Å². The van der Waals surface area contributed by atoms with Gasteiger partial charge in [0, 0.05) is 44.5 Å². The van der Waals surface area contributed by atoms with Crippen molar-refractivity contribution in [2.24, 2.45) is 0 Å². The summed E-state index contributed by atoms with van der Waals surface area (Å²) < 4.78 is 13.7. The first kappa shape index (κ1) is 29.6. The third kappa shape index (κ3) is 8.56. The number of rotatable bonds is 11. The van der Waals surface area contributed by atoms with Gasteiger partial charge in [-0.05, 0) is 78.9 Å². The number of para-hydroxylation sites is 2. The van der Waals surface area contributed by atoms with Crippen LogP contribution in [0.1, 0.15) is 45.0 Å². The Balaban J connectivity index is 1.40. The van der Waals surface area contributed by atoms with E-state index < -0.39 is 5.60 Å². The Morgan fingerprint density at radius 3 is 2.58 bits per heavy atom. The number of hydrogen-bond donors (Lipinski definition) is 2. The van der Waals surface area contributed by atoms with E-state index in [0.29, 0.717) is 25.7 Å². The molecule has 0 bridgehead atoms. The summed E-state index contributed by atoms with van der Waals surface area (Å²) in [6.45, 7) is 12.9. The van der Waals surface area contributed by atoms with Crippen LogP contribution in [-0.4, -0.2) is 95.5 Å². The molecule has 0 spiro atoms. The average Bonchev–Trinajstić information content (AvgIpc) is 3.22. The number of nitrogens with one attached hydrogen (secondary N) is 2. The molecule has 1 aliphatic heterocycles. The lowest BCUT2D eigenvalue weighted by Gasteiger charge is -2.32. The minimum atomic E-state index is -0.485. The summed E-state index contributed by atoms with van der Waals surface area (Å²) >= 11 is 0. The number of fused-ring (bicyclic) bond motifs is 1. The Bertz CT molecular complexity index is 1260. The number of likely N-dealkylation sites (tertiary alicyclic amines) is 1. The van der Waals surface area contributed by atoms with Crippen molar-refractivity contribution in [1.29, 1.82) is 0 Å². The number of amides is 1. The maximum atomic E-state index is 11.9. The summed E-state index contributed by atoms with van der Waals surface area (Å²) in [5.74, 6) is 1.67. The summed E-state index contributed by atoms with van der Waals surface area (Å²) in [5, 5.41) is 6.59. The van der Waals surface area contributed by atoms with Gasteiger partial charge in [-0.3, -0.25) is 4.98 Å². The van der Waals surface area contributed by atoms with Crippen LogP contribution in [0, 0.1) is 6.92 Å². The second-order valence-electron chi connectivity index (χ2n) is 11.7. The predicted octanol–water partition coefficient (Wildman–Crippen LogP) is 4.13. The third-order valence-corrected chi connectivity index (χ3v) is 6.85. The van der Waals surface area contributed by atoms with Crippen LogP contribution in [0.3, 0.4) is 0 Å². The molecule has 218 valence electrons. The van der Waals surface area contributed by atoms with E-state index in [1.165, 1.54) is 0 Å². The highest BCUT2D eigenvalue weighted by molar-refractivity contribution is 5.78. The molecule has 3 heterocycles. The van der Waals surface area contributed by atoms with Crippen molar-refractivity contribution in [3.8, 4) is 5.75 Å². The van der Waals surface area contributed by atoms with E-state index >= 15 is 0 Å². The molecule has 0 saturated carbocycles. The molecule has 0 aliphatic carbocycles. The van der Waals surface area contributed by atoms with Crippen molar-refractivity contribution in [3.05, 3.63) is 47.8 Å². The van der Waals surface area contributed by atoms with Gasteiger partial charge >= 0.3 is 6.09 Å². The zero-order valence-electron chi connectivity index (χ0n) is 24.9. The van der Waals surface area contributed by atoms with Gasteiger partial charge in [-0.2, -0.15) is 0 Å². The van der Waals surface area contributed by atoms with Gasteiger partial charge in [-0.25, -0.2) is 9.78 Å². The van der Waals surface area contributed by atoms with Crippen LogP contribution >= 0.6 is 0 Å². The number of pyridine rings is 1. The number of alkyl carbamates (subject to hydrolysis) is 1. The lowest BCUT2D eigenvalue weighted by atomic mass is 10.1. The highest BCUT2D eigenvalue weighted by Gasteiger charge is 2.23. The first-order valence-corrected chi connectivity index (χ1v) is 14.2. The molecule has 1 aromatic carbocycles. The maximum Gasteiger partial charge on any atom is 0.407 e. The second-order valence-corrected chi connectivity index (χ2v) is 11.7. The molecule has 0 unspecified atom stereocenters.